The summed E-state index contributed by atoms with van der Waals surface area (Å²) in [6.07, 6.45) is -4.14. The molecule has 20 heavy (non-hydrogen) atoms. The van der Waals surface area contributed by atoms with Gasteiger partial charge >= 0.3 is 5.69 Å². The van der Waals surface area contributed by atoms with Gasteiger partial charge in [0.25, 0.3) is 5.56 Å². The van der Waals surface area contributed by atoms with E-state index in [-0.39, 0.29) is 17.7 Å². The molecule has 0 aliphatic carbocycles. The molecule has 0 spiro atoms. The molecule has 4 heterocycles. The largest absolute Gasteiger partial charge is 0.387 e. The predicted molar refractivity (Wildman–Crippen MR) is 63.0 cm³/mol. The van der Waals surface area contributed by atoms with Crippen LogP contribution in [0, 0.1) is 0 Å². The van der Waals surface area contributed by atoms with Crippen molar-refractivity contribution in [2.45, 2.75) is 31.1 Å². The van der Waals surface area contributed by atoms with Crippen LogP contribution < -0.4 is 11.2 Å². The van der Waals surface area contributed by atoms with E-state index in [0.29, 0.717) is 0 Å². The zero-order valence-corrected chi connectivity index (χ0v) is 10.4. The van der Waals surface area contributed by atoms with Crippen LogP contribution in [0.2, 0.25) is 0 Å². The number of nitrogens with zero attached hydrogens (tertiary/aromatic N) is 5. The summed E-state index contributed by atoms with van der Waals surface area (Å²) < 4.78 is 8.86. The van der Waals surface area contributed by atoms with Gasteiger partial charge in [-0.1, -0.05) is 5.21 Å². The first-order valence-electron chi connectivity index (χ1n) is 6.07. The number of aliphatic hydroxyl groups excluding tert-OH is 2. The van der Waals surface area contributed by atoms with Gasteiger partial charge in [0.1, 0.15) is 18.3 Å². The molecule has 2 unspecified atom stereocenters. The van der Waals surface area contributed by atoms with Gasteiger partial charge in [-0.2, -0.15) is 0 Å². The fraction of sp³-hybridized carbons (Fsp3) is 0.600. The monoisotopic (exact) mass is 281 g/mol. The molecule has 2 aliphatic rings. The van der Waals surface area contributed by atoms with Crippen LogP contribution in [0.3, 0.4) is 0 Å². The van der Waals surface area contributed by atoms with Crippen LogP contribution in [0.4, 0.5) is 0 Å². The van der Waals surface area contributed by atoms with Gasteiger partial charge in [0.2, 0.25) is 0 Å². The van der Waals surface area contributed by atoms with E-state index in [9.17, 15) is 19.8 Å². The van der Waals surface area contributed by atoms with Gasteiger partial charge in [-0.25, -0.2) is 14.0 Å². The molecule has 10 heteroatoms. The molecule has 0 amide bonds. The number of aromatic nitrogens is 5. The molecule has 2 aliphatic heterocycles. The lowest BCUT2D eigenvalue weighted by atomic mass is 10.1. The van der Waals surface area contributed by atoms with Crippen molar-refractivity contribution >= 4 is 11.2 Å². The number of hydrogen-bond donors (Lipinski definition) is 2. The summed E-state index contributed by atoms with van der Waals surface area (Å²) >= 11 is 0. The number of aliphatic hydroxyl groups is 2. The molecular formula is C10H11N5O5. The van der Waals surface area contributed by atoms with Gasteiger partial charge in [-0.15, -0.1) is 5.10 Å². The molecule has 0 saturated carbocycles. The minimum Gasteiger partial charge on any atom is -0.387 e. The minimum absolute atomic E-state index is 0.0324. The maximum Gasteiger partial charge on any atom is 0.334 e. The van der Waals surface area contributed by atoms with Crippen LogP contribution >= 0.6 is 0 Å². The predicted octanol–water partition coefficient (Wildman–Crippen LogP) is -3.08. The van der Waals surface area contributed by atoms with Gasteiger partial charge < -0.3 is 14.9 Å². The minimum atomic E-state index is -1.25. The Labute approximate surface area is 110 Å². The topological polar surface area (TPSA) is 124 Å². The molecule has 0 aromatic carbocycles. The Morgan fingerprint density at radius 3 is 2.80 bits per heavy atom. The van der Waals surface area contributed by atoms with Crippen molar-refractivity contribution in [3.05, 3.63) is 20.8 Å². The van der Waals surface area contributed by atoms with Crippen molar-refractivity contribution in [1.82, 2.24) is 24.1 Å². The average Bonchev–Trinajstić information content (AvgIpc) is 2.89. The summed E-state index contributed by atoms with van der Waals surface area (Å²) in [6, 6.07) is 0. The van der Waals surface area contributed by atoms with Crippen LogP contribution in [0.5, 0.6) is 0 Å². The summed E-state index contributed by atoms with van der Waals surface area (Å²) in [5.41, 5.74) is -0.966. The molecule has 4 rings (SSSR count). The third-order valence-electron chi connectivity index (χ3n) is 3.88. The van der Waals surface area contributed by atoms with Gasteiger partial charge in [0.15, 0.2) is 17.4 Å². The average molecular weight is 281 g/mol. The lowest BCUT2D eigenvalue weighted by molar-refractivity contribution is -0.0363. The molecular weight excluding hydrogens is 270 g/mol. The number of hydrogen-bond acceptors (Lipinski definition) is 7. The molecule has 10 nitrogen and oxygen atoms in total. The van der Waals surface area contributed by atoms with Gasteiger partial charge in [-0.3, -0.25) is 9.36 Å². The first-order valence-corrected chi connectivity index (χ1v) is 6.07. The molecule has 106 valence electrons. The van der Waals surface area contributed by atoms with Crippen LogP contribution in [0.25, 0.3) is 11.2 Å². The maximum atomic E-state index is 12.3. The second kappa shape index (κ2) is 3.53. The van der Waals surface area contributed by atoms with Crippen LogP contribution in [-0.4, -0.2) is 52.7 Å². The molecule has 0 radical (unpaired) electrons. The number of rotatable bonds is 0. The summed E-state index contributed by atoms with van der Waals surface area (Å²) in [5.74, 6) is 0. The molecule has 4 atom stereocenters. The summed E-state index contributed by atoms with van der Waals surface area (Å²) in [5, 5.41) is 27.5. The van der Waals surface area contributed by atoms with E-state index in [0.717, 1.165) is 9.13 Å². The lowest BCUT2D eigenvalue weighted by Crippen LogP contribution is -2.44. The van der Waals surface area contributed by atoms with Crippen LogP contribution in [0.1, 0.15) is 6.23 Å². The van der Waals surface area contributed by atoms with Crippen molar-refractivity contribution in [2.24, 2.45) is 7.05 Å². The summed E-state index contributed by atoms with van der Waals surface area (Å²) in [4.78, 5) is 24.3. The smallest absolute Gasteiger partial charge is 0.334 e. The maximum absolute atomic E-state index is 12.3. The van der Waals surface area contributed by atoms with Gasteiger partial charge in [0, 0.05) is 7.05 Å². The highest BCUT2D eigenvalue weighted by Crippen LogP contribution is 2.33. The Hall–Kier alpha value is -2.04. The second-order valence-electron chi connectivity index (χ2n) is 5.01. The zero-order chi connectivity index (χ0) is 14.2. The van der Waals surface area contributed by atoms with Crippen LogP contribution in [0.15, 0.2) is 9.59 Å². The van der Waals surface area contributed by atoms with Crippen molar-refractivity contribution in [3.8, 4) is 0 Å². The van der Waals surface area contributed by atoms with E-state index in [2.05, 4.69) is 10.3 Å². The Morgan fingerprint density at radius 1 is 1.30 bits per heavy atom. The third-order valence-corrected chi connectivity index (χ3v) is 3.88. The van der Waals surface area contributed by atoms with Gasteiger partial charge in [0.05, 0.1) is 6.54 Å². The first kappa shape index (κ1) is 11.8. The Morgan fingerprint density at radius 2 is 2.05 bits per heavy atom. The highest BCUT2D eigenvalue weighted by Gasteiger charge is 2.47. The Kier molecular flexibility index (Phi) is 2.08. The SMILES string of the molecule is Cn1c(=O)c2nnn3c2n(c1=O)[C@H]1O[C@H](C3)C(O)C1O. The summed E-state index contributed by atoms with van der Waals surface area (Å²) in [7, 11) is 1.31. The third kappa shape index (κ3) is 1.18. The first-order chi connectivity index (χ1) is 9.50. The molecule has 2 aromatic rings. The van der Waals surface area contributed by atoms with E-state index in [1.807, 2.05) is 0 Å². The van der Waals surface area contributed by atoms with E-state index in [1.165, 1.54) is 11.7 Å². The fourth-order valence-corrected chi connectivity index (χ4v) is 2.80. The van der Waals surface area contributed by atoms with Gasteiger partial charge in [-0.05, 0) is 0 Å². The quantitative estimate of drug-likeness (QED) is 0.524. The highest BCUT2D eigenvalue weighted by molar-refractivity contribution is 5.69. The van der Waals surface area contributed by atoms with E-state index < -0.39 is 35.8 Å². The summed E-state index contributed by atoms with van der Waals surface area (Å²) in [6.45, 7) is 0.109. The number of ether oxygens (including phenoxy) is 1. The van der Waals surface area contributed by atoms with Crippen molar-refractivity contribution in [1.29, 1.82) is 0 Å². The normalized spacial score (nSPS) is 31.8. The molecule has 2 N–H and O–H groups in total. The van der Waals surface area contributed by atoms with E-state index in [1.54, 1.807) is 0 Å². The van der Waals surface area contributed by atoms with E-state index >= 15 is 0 Å². The molecule has 1 fully saturated rings. The Balaban J connectivity index is 2.17. The molecule has 1 saturated heterocycles. The van der Waals surface area contributed by atoms with Crippen molar-refractivity contribution in [2.75, 3.05) is 0 Å². The van der Waals surface area contributed by atoms with Crippen molar-refractivity contribution < 1.29 is 14.9 Å². The second-order valence-corrected chi connectivity index (χ2v) is 5.01. The zero-order valence-electron chi connectivity index (χ0n) is 10.4. The van der Waals surface area contributed by atoms with E-state index in [4.69, 9.17) is 4.74 Å². The molecule has 2 aromatic heterocycles. The molecule has 2 bridgehead atoms. The van der Waals surface area contributed by atoms with Crippen LogP contribution in [-0.2, 0) is 18.3 Å². The van der Waals surface area contributed by atoms with Crippen molar-refractivity contribution in [3.63, 3.8) is 0 Å². The lowest BCUT2D eigenvalue weighted by Gasteiger charge is -2.19. The number of fused-ring (bicyclic) bond motifs is 3. The highest BCUT2D eigenvalue weighted by atomic mass is 16.6. The fourth-order valence-electron chi connectivity index (χ4n) is 2.80. The Bertz CT molecular complexity index is 835. The standard InChI is InChI=1S/C10H11N5O5/c1-13-8(18)4-7-14(12-11-4)2-3-5(16)6(17)9(20-3)15(7)10(13)19/h3,5-6,9,16-17H,2H2,1H3/t3-,5?,6?,9+/m1/s1.